The van der Waals surface area contributed by atoms with Crippen LogP contribution in [0.25, 0.3) is 0 Å². The molecule has 0 aromatic carbocycles. The number of nitrogens with two attached hydrogens (primary N) is 1. The summed E-state index contributed by atoms with van der Waals surface area (Å²) in [5.74, 6) is 0.948. The van der Waals surface area contributed by atoms with E-state index in [-0.39, 0.29) is 11.9 Å². The Labute approximate surface area is 120 Å². The number of aryl methyl sites for hydroxylation is 2. The molecular formula is C14H25N5O. The topological polar surface area (TPSA) is 76.2 Å². The van der Waals surface area contributed by atoms with Gasteiger partial charge in [0.15, 0.2) is 5.82 Å². The number of nitrogens with one attached hydrogen (secondary N) is 1. The van der Waals surface area contributed by atoms with Gasteiger partial charge in [-0.25, -0.2) is 0 Å². The van der Waals surface area contributed by atoms with Gasteiger partial charge in [0.1, 0.15) is 6.04 Å². The maximum Gasteiger partial charge on any atom is 0.242 e. The zero-order chi connectivity index (χ0) is 14.7. The number of rotatable bonds is 4. The number of likely N-dealkylation sites (N-methyl/N-ethyl adjacent to an activating group) is 1. The summed E-state index contributed by atoms with van der Waals surface area (Å²) in [6.07, 6.45) is 4.92. The van der Waals surface area contributed by atoms with Crippen LogP contribution in [0.5, 0.6) is 0 Å². The van der Waals surface area contributed by atoms with E-state index in [0.29, 0.717) is 0 Å². The summed E-state index contributed by atoms with van der Waals surface area (Å²) >= 11 is 0. The van der Waals surface area contributed by atoms with Gasteiger partial charge in [0.25, 0.3) is 0 Å². The fourth-order valence-electron chi connectivity index (χ4n) is 2.97. The van der Waals surface area contributed by atoms with E-state index < -0.39 is 0 Å². The molecule has 0 aliphatic carbocycles. The third kappa shape index (κ3) is 2.59. The van der Waals surface area contributed by atoms with Crippen LogP contribution >= 0.6 is 0 Å². The van der Waals surface area contributed by atoms with E-state index in [9.17, 15) is 4.79 Å². The predicted molar refractivity (Wildman–Crippen MR) is 80.7 cm³/mol. The van der Waals surface area contributed by atoms with Gasteiger partial charge in [0.2, 0.25) is 5.91 Å². The van der Waals surface area contributed by atoms with Crippen molar-refractivity contribution in [2.75, 3.05) is 24.2 Å². The lowest BCUT2D eigenvalue weighted by atomic mass is 10.0. The minimum atomic E-state index is -0.138. The van der Waals surface area contributed by atoms with Crippen LogP contribution in [0.3, 0.4) is 0 Å². The molecule has 0 radical (unpaired) electrons. The van der Waals surface area contributed by atoms with E-state index in [1.165, 1.54) is 0 Å². The Kier molecular flexibility index (Phi) is 4.52. The van der Waals surface area contributed by atoms with E-state index in [0.717, 1.165) is 55.8 Å². The SMILES string of the molecule is CCCc1nn(C)c(N2CCCCC2C(=O)NC)c1N. The van der Waals surface area contributed by atoms with Crippen molar-refractivity contribution in [2.24, 2.45) is 7.05 Å². The Morgan fingerprint density at radius 1 is 1.50 bits per heavy atom. The van der Waals surface area contributed by atoms with Gasteiger partial charge in [-0.05, 0) is 25.7 Å². The van der Waals surface area contributed by atoms with Crippen molar-refractivity contribution in [1.29, 1.82) is 0 Å². The van der Waals surface area contributed by atoms with Gasteiger partial charge >= 0.3 is 0 Å². The van der Waals surface area contributed by atoms with Crippen LogP contribution in [0.15, 0.2) is 0 Å². The number of anilines is 2. The average molecular weight is 279 g/mol. The van der Waals surface area contributed by atoms with Crippen molar-refractivity contribution in [2.45, 2.75) is 45.1 Å². The largest absolute Gasteiger partial charge is 0.394 e. The molecule has 1 unspecified atom stereocenters. The van der Waals surface area contributed by atoms with Gasteiger partial charge in [0, 0.05) is 20.6 Å². The Hall–Kier alpha value is -1.72. The molecule has 112 valence electrons. The number of nitrogens with zero attached hydrogens (tertiary/aromatic N) is 3. The van der Waals surface area contributed by atoms with Crippen LogP contribution in [0.4, 0.5) is 11.5 Å². The van der Waals surface area contributed by atoms with Crippen LogP contribution in [0, 0.1) is 0 Å². The van der Waals surface area contributed by atoms with Crippen LogP contribution in [-0.4, -0.2) is 35.3 Å². The summed E-state index contributed by atoms with van der Waals surface area (Å²) in [6, 6.07) is -0.138. The first-order valence-corrected chi connectivity index (χ1v) is 7.39. The van der Waals surface area contributed by atoms with Crippen molar-refractivity contribution in [3.63, 3.8) is 0 Å². The molecule has 3 N–H and O–H groups in total. The highest BCUT2D eigenvalue weighted by Gasteiger charge is 2.32. The maximum absolute atomic E-state index is 12.1. The first kappa shape index (κ1) is 14.7. The summed E-state index contributed by atoms with van der Waals surface area (Å²) in [6.45, 7) is 2.97. The molecule has 0 spiro atoms. The van der Waals surface area contributed by atoms with Crippen LogP contribution < -0.4 is 16.0 Å². The molecule has 2 rings (SSSR count). The molecule has 1 aromatic rings. The van der Waals surface area contributed by atoms with E-state index >= 15 is 0 Å². The average Bonchev–Trinajstić information content (AvgIpc) is 2.73. The number of carbonyl (C=O) groups excluding carboxylic acids is 1. The number of hydrogen-bond acceptors (Lipinski definition) is 4. The minimum Gasteiger partial charge on any atom is -0.394 e. The Morgan fingerprint density at radius 2 is 2.25 bits per heavy atom. The third-order valence-electron chi connectivity index (χ3n) is 3.94. The quantitative estimate of drug-likeness (QED) is 0.864. The number of hydrogen-bond donors (Lipinski definition) is 2. The van der Waals surface area contributed by atoms with E-state index in [2.05, 4.69) is 22.2 Å². The van der Waals surface area contributed by atoms with Crippen molar-refractivity contribution < 1.29 is 4.79 Å². The van der Waals surface area contributed by atoms with Gasteiger partial charge in [-0.15, -0.1) is 0 Å². The zero-order valence-electron chi connectivity index (χ0n) is 12.6. The molecule has 1 aliphatic heterocycles. The first-order valence-electron chi connectivity index (χ1n) is 7.39. The summed E-state index contributed by atoms with van der Waals surface area (Å²) in [5, 5.41) is 7.27. The number of piperidine rings is 1. The molecule has 1 fully saturated rings. The van der Waals surface area contributed by atoms with Gasteiger partial charge in [0.05, 0.1) is 11.4 Å². The molecule has 1 aliphatic rings. The molecule has 0 bridgehead atoms. The number of amides is 1. The third-order valence-corrected chi connectivity index (χ3v) is 3.94. The van der Waals surface area contributed by atoms with Crippen LogP contribution in [0.1, 0.15) is 38.3 Å². The normalized spacial score (nSPS) is 19.1. The second kappa shape index (κ2) is 6.15. The minimum absolute atomic E-state index is 0.0577. The lowest BCUT2D eigenvalue weighted by Crippen LogP contribution is -2.49. The van der Waals surface area contributed by atoms with Gasteiger partial charge in [-0.1, -0.05) is 13.3 Å². The highest BCUT2D eigenvalue weighted by molar-refractivity contribution is 5.86. The summed E-state index contributed by atoms with van der Waals surface area (Å²) in [4.78, 5) is 14.2. The predicted octanol–water partition coefficient (Wildman–Crippen LogP) is 1.06. The molecule has 1 atom stereocenters. The fourth-order valence-corrected chi connectivity index (χ4v) is 2.97. The highest BCUT2D eigenvalue weighted by atomic mass is 16.2. The van der Waals surface area contributed by atoms with E-state index in [1.807, 2.05) is 11.7 Å². The molecule has 6 nitrogen and oxygen atoms in total. The monoisotopic (exact) mass is 279 g/mol. The van der Waals surface area contributed by atoms with Gasteiger partial charge in [-0.3, -0.25) is 9.48 Å². The Balaban J connectivity index is 2.35. The second-order valence-corrected chi connectivity index (χ2v) is 5.38. The maximum atomic E-state index is 12.1. The Bertz CT molecular complexity index is 482. The van der Waals surface area contributed by atoms with Crippen LogP contribution in [-0.2, 0) is 18.3 Å². The summed E-state index contributed by atoms with van der Waals surface area (Å²) < 4.78 is 1.82. The highest BCUT2D eigenvalue weighted by Crippen LogP contribution is 2.32. The lowest BCUT2D eigenvalue weighted by Gasteiger charge is -2.36. The first-order chi connectivity index (χ1) is 9.60. The zero-order valence-corrected chi connectivity index (χ0v) is 12.6. The molecule has 2 heterocycles. The standard InChI is InChI=1S/C14H25N5O/c1-4-7-10-12(15)14(18(3)17-10)19-9-6-5-8-11(19)13(20)16-2/h11H,4-9,15H2,1-3H3,(H,16,20). The van der Waals surface area contributed by atoms with Gasteiger partial charge in [-0.2, -0.15) is 5.10 Å². The second-order valence-electron chi connectivity index (χ2n) is 5.38. The number of carbonyl (C=O) groups is 1. The van der Waals surface area contributed by atoms with Gasteiger partial charge < -0.3 is 16.0 Å². The smallest absolute Gasteiger partial charge is 0.242 e. The molecule has 20 heavy (non-hydrogen) atoms. The molecule has 1 aromatic heterocycles. The lowest BCUT2D eigenvalue weighted by molar-refractivity contribution is -0.122. The number of aromatic nitrogens is 2. The van der Waals surface area contributed by atoms with E-state index in [4.69, 9.17) is 5.73 Å². The molecule has 1 amide bonds. The summed E-state index contributed by atoms with van der Waals surface area (Å²) in [7, 11) is 3.59. The van der Waals surface area contributed by atoms with Crippen LogP contribution in [0.2, 0.25) is 0 Å². The van der Waals surface area contributed by atoms with Crippen molar-refractivity contribution in [3.05, 3.63) is 5.69 Å². The van der Waals surface area contributed by atoms with Crippen molar-refractivity contribution in [1.82, 2.24) is 15.1 Å². The molecule has 0 saturated carbocycles. The summed E-state index contributed by atoms with van der Waals surface area (Å²) in [5.41, 5.74) is 7.93. The fraction of sp³-hybridized carbons (Fsp3) is 0.714. The van der Waals surface area contributed by atoms with Crippen molar-refractivity contribution in [3.8, 4) is 0 Å². The number of nitrogen functional groups attached to an aromatic ring is 1. The Morgan fingerprint density at radius 3 is 2.90 bits per heavy atom. The molecule has 1 saturated heterocycles. The molecule has 6 heteroatoms. The molecular weight excluding hydrogens is 254 g/mol. The van der Waals surface area contributed by atoms with Crippen molar-refractivity contribution >= 4 is 17.4 Å². The van der Waals surface area contributed by atoms with E-state index in [1.54, 1.807) is 7.05 Å².